The predicted octanol–water partition coefficient (Wildman–Crippen LogP) is 7.26. The van der Waals surface area contributed by atoms with Crippen LogP contribution in [-0.2, 0) is 21.1 Å². The number of hydrogen-bond donors (Lipinski definition) is 1. The highest BCUT2D eigenvalue weighted by Crippen LogP contribution is 2.37. The van der Waals surface area contributed by atoms with Crippen molar-refractivity contribution in [1.29, 1.82) is 0 Å². The molecule has 224 valence electrons. The molecule has 42 heavy (non-hydrogen) atoms. The second-order valence-corrected chi connectivity index (χ2v) is 10.9. The van der Waals surface area contributed by atoms with Gasteiger partial charge in [-0.25, -0.2) is 0 Å². The molecule has 0 aromatic heterocycles. The number of likely N-dealkylation sites (tertiary alicyclic amines) is 1. The summed E-state index contributed by atoms with van der Waals surface area (Å²) in [5.74, 6) is -0.465. The second kappa shape index (κ2) is 13.6. The molecule has 2 unspecified atom stereocenters. The predicted molar refractivity (Wildman–Crippen MR) is 158 cm³/mol. The number of nitrogens with one attached hydrogen (secondary N) is 1. The highest BCUT2D eigenvalue weighted by Gasteiger charge is 2.48. The monoisotopic (exact) mass is 580 g/mol. The van der Waals surface area contributed by atoms with Crippen LogP contribution in [0.2, 0.25) is 0 Å². The SMILES string of the molecule is CCCOC(=O)C(CC)(c1ccccc1)C(C)N1CCC(NC(=O)c2ccccc2-c2ccc(C(F)(F)F)cc2)CC1. The van der Waals surface area contributed by atoms with Crippen molar-refractivity contribution >= 4 is 11.9 Å². The molecule has 8 heteroatoms. The Balaban J connectivity index is 1.46. The van der Waals surface area contributed by atoms with Crippen molar-refractivity contribution in [3.63, 3.8) is 0 Å². The van der Waals surface area contributed by atoms with E-state index >= 15 is 0 Å². The first-order chi connectivity index (χ1) is 20.1. The average molecular weight is 581 g/mol. The Morgan fingerprint density at radius 3 is 2.12 bits per heavy atom. The largest absolute Gasteiger partial charge is 0.465 e. The van der Waals surface area contributed by atoms with Gasteiger partial charge in [-0.2, -0.15) is 13.2 Å². The summed E-state index contributed by atoms with van der Waals surface area (Å²) in [6, 6.07) is 21.4. The van der Waals surface area contributed by atoms with Crippen LogP contribution in [0.25, 0.3) is 11.1 Å². The molecule has 5 nitrogen and oxygen atoms in total. The first kappa shape index (κ1) is 31.3. The molecule has 0 bridgehead atoms. The lowest BCUT2D eigenvalue weighted by Gasteiger charge is -2.45. The zero-order valence-corrected chi connectivity index (χ0v) is 24.4. The number of alkyl halides is 3. The van der Waals surface area contributed by atoms with Gasteiger partial charge in [0.15, 0.2) is 0 Å². The molecule has 3 aromatic carbocycles. The highest BCUT2D eigenvalue weighted by atomic mass is 19.4. The maximum absolute atomic E-state index is 13.6. The number of ether oxygens (including phenoxy) is 1. The van der Waals surface area contributed by atoms with E-state index in [1.165, 1.54) is 12.1 Å². The Bertz CT molecular complexity index is 1340. The number of halogens is 3. The minimum absolute atomic E-state index is 0.0681. The van der Waals surface area contributed by atoms with Crippen LogP contribution in [0.5, 0.6) is 0 Å². The minimum atomic E-state index is -4.42. The van der Waals surface area contributed by atoms with E-state index in [2.05, 4.69) is 17.1 Å². The van der Waals surface area contributed by atoms with E-state index in [0.29, 0.717) is 55.6 Å². The molecule has 1 aliphatic rings. The van der Waals surface area contributed by atoms with Gasteiger partial charge < -0.3 is 10.1 Å². The van der Waals surface area contributed by atoms with Gasteiger partial charge in [0.2, 0.25) is 0 Å². The van der Waals surface area contributed by atoms with Gasteiger partial charge in [0, 0.05) is 30.7 Å². The maximum atomic E-state index is 13.6. The molecular formula is C34H39F3N2O3. The molecule has 4 rings (SSSR count). The Labute approximate surface area is 246 Å². The number of piperidine rings is 1. The smallest absolute Gasteiger partial charge is 0.416 e. The standard InChI is InChI=1S/C34H39F3N2O3/c1-4-23-42-32(41)33(5-2,26-11-7-6-8-12-26)24(3)39-21-19-28(20-22-39)38-31(40)30-14-10-9-13-29(30)25-15-17-27(18-16-25)34(35,36)37/h6-18,24,28H,4-5,19-23H2,1-3H3,(H,38,40). The molecule has 2 atom stereocenters. The third-order valence-corrected chi connectivity index (χ3v) is 8.47. The van der Waals surface area contributed by atoms with Crippen LogP contribution in [0.4, 0.5) is 13.2 Å². The topological polar surface area (TPSA) is 58.6 Å². The highest BCUT2D eigenvalue weighted by molar-refractivity contribution is 6.01. The number of rotatable bonds is 10. The van der Waals surface area contributed by atoms with Gasteiger partial charge in [-0.15, -0.1) is 0 Å². The molecule has 1 heterocycles. The van der Waals surface area contributed by atoms with Crippen molar-refractivity contribution < 1.29 is 27.5 Å². The first-order valence-corrected chi connectivity index (χ1v) is 14.7. The van der Waals surface area contributed by atoms with E-state index in [4.69, 9.17) is 4.74 Å². The van der Waals surface area contributed by atoms with Crippen LogP contribution in [-0.4, -0.2) is 48.6 Å². The van der Waals surface area contributed by atoms with Crippen molar-refractivity contribution in [2.24, 2.45) is 0 Å². The summed E-state index contributed by atoms with van der Waals surface area (Å²) in [4.78, 5) is 29.2. The van der Waals surface area contributed by atoms with Gasteiger partial charge in [-0.05, 0) is 67.5 Å². The fourth-order valence-electron chi connectivity index (χ4n) is 6.01. The number of amides is 1. The van der Waals surface area contributed by atoms with Gasteiger partial charge in [-0.3, -0.25) is 14.5 Å². The van der Waals surface area contributed by atoms with E-state index in [1.807, 2.05) is 44.2 Å². The fraction of sp³-hybridized carbons (Fsp3) is 0.412. The molecule has 1 fully saturated rings. The first-order valence-electron chi connectivity index (χ1n) is 14.7. The second-order valence-electron chi connectivity index (χ2n) is 10.9. The Kier molecular flexibility index (Phi) is 10.1. The van der Waals surface area contributed by atoms with Crippen molar-refractivity contribution in [3.8, 4) is 11.1 Å². The van der Waals surface area contributed by atoms with Gasteiger partial charge in [0.05, 0.1) is 12.2 Å². The maximum Gasteiger partial charge on any atom is 0.416 e. The van der Waals surface area contributed by atoms with E-state index in [9.17, 15) is 22.8 Å². The Hall–Kier alpha value is -3.65. The average Bonchev–Trinajstić information content (AvgIpc) is 3.01. The molecule has 1 aliphatic heterocycles. The molecule has 0 spiro atoms. The van der Waals surface area contributed by atoms with Crippen LogP contribution in [0.1, 0.15) is 67.9 Å². The lowest BCUT2D eigenvalue weighted by Crippen LogP contribution is -2.57. The zero-order chi connectivity index (χ0) is 30.3. The van der Waals surface area contributed by atoms with E-state index < -0.39 is 17.2 Å². The summed E-state index contributed by atoms with van der Waals surface area (Å²) in [6.07, 6.45) is -1.66. The van der Waals surface area contributed by atoms with Gasteiger partial charge in [-0.1, -0.05) is 74.5 Å². The van der Waals surface area contributed by atoms with Crippen LogP contribution in [0.3, 0.4) is 0 Å². The number of hydrogen-bond acceptors (Lipinski definition) is 4. The molecule has 1 amide bonds. The Morgan fingerprint density at radius 1 is 0.905 bits per heavy atom. The number of esters is 1. The lowest BCUT2D eigenvalue weighted by molar-refractivity contribution is -0.154. The summed E-state index contributed by atoms with van der Waals surface area (Å²) in [6.45, 7) is 7.86. The summed E-state index contributed by atoms with van der Waals surface area (Å²) >= 11 is 0. The molecule has 0 aliphatic carbocycles. The van der Waals surface area contributed by atoms with E-state index in [1.54, 1.807) is 24.3 Å². The number of nitrogens with zero attached hydrogens (tertiary/aromatic N) is 1. The van der Waals surface area contributed by atoms with Crippen LogP contribution >= 0.6 is 0 Å². The third kappa shape index (κ3) is 6.70. The van der Waals surface area contributed by atoms with Crippen molar-refractivity contribution in [2.75, 3.05) is 19.7 Å². The number of benzene rings is 3. The van der Waals surface area contributed by atoms with Crippen LogP contribution < -0.4 is 5.32 Å². The van der Waals surface area contributed by atoms with Crippen molar-refractivity contribution in [2.45, 2.75) is 70.1 Å². The van der Waals surface area contributed by atoms with E-state index in [0.717, 1.165) is 24.1 Å². The Morgan fingerprint density at radius 2 is 1.52 bits per heavy atom. The van der Waals surface area contributed by atoms with E-state index in [-0.39, 0.29) is 24.0 Å². The quantitative estimate of drug-likeness (QED) is 0.257. The summed E-state index contributed by atoms with van der Waals surface area (Å²) in [7, 11) is 0. The van der Waals surface area contributed by atoms with Gasteiger partial charge >= 0.3 is 12.1 Å². The van der Waals surface area contributed by atoms with Crippen molar-refractivity contribution in [1.82, 2.24) is 10.2 Å². The number of carbonyl (C=O) groups is 2. The summed E-state index contributed by atoms with van der Waals surface area (Å²) < 4.78 is 44.8. The molecule has 1 N–H and O–H groups in total. The molecule has 3 aromatic rings. The normalized spacial score (nSPS) is 16.8. The molecule has 1 saturated heterocycles. The van der Waals surface area contributed by atoms with Crippen LogP contribution in [0, 0.1) is 0 Å². The molecule has 0 radical (unpaired) electrons. The summed E-state index contributed by atoms with van der Waals surface area (Å²) in [5.41, 5.74) is 0.942. The van der Waals surface area contributed by atoms with Gasteiger partial charge in [0.25, 0.3) is 5.91 Å². The van der Waals surface area contributed by atoms with Crippen LogP contribution in [0.15, 0.2) is 78.9 Å². The summed E-state index contributed by atoms with van der Waals surface area (Å²) in [5, 5.41) is 3.14. The number of carbonyl (C=O) groups excluding carboxylic acids is 2. The molecule has 0 saturated carbocycles. The fourth-order valence-corrected chi connectivity index (χ4v) is 6.01. The molecular weight excluding hydrogens is 541 g/mol. The minimum Gasteiger partial charge on any atom is -0.465 e. The van der Waals surface area contributed by atoms with Gasteiger partial charge in [0.1, 0.15) is 5.41 Å². The lowest BCUT2D eigenvalue weighted by atomic mass is 9.71. The third-order valence-electron chi connectivity index (χ3n) is 8.47. The zero-order valence-electron chi connectivity index (χ0n) is 24.4. The van der Waals surface area contributed by atoms with Crippen molar-refractivity contribution in [3.05, 3.63) is 95.6 Å².